The van der Waals surface area contributed by atoms with E-state index in [1.807, 2.05) is 120 Å². The van der Waals surface area contributed by atoms with Crippen LogP contribution in [0.2, 0.25) is 0 Å². The van der Waals surface area contributed by atoms with Gasteiger partial charge in [0.15, 0.2) is 0 Å². The average molecular weight is 910 g/mol. The van der Waals surface area contributed by atoms with Gasteiger partial charge in [-0.15, -0.1) is 12.1 Å². The standard InChI is InChI=1S/C50H34N3O2.Pt/c1-31-19-22-33(23-20-31)35-25-26-51-43(30-35)36-28-41-37-13-7-9-18-47(37)55-49(41)42(29-36)38-15-10-16-45-48(38)52-50(39-14-6-8-17-46(39)54)53(45)44-24-21-32(2)27-40(44)34-11-4-3-5-12-34;/h3-28,30,54H,1-2H3;/q-1;/i1D3,2D3;. The van der Waals surface area contributed by atoms with Gasteiger partial charge in [-0.1, -0.05) is 137 Å². The number of imidazole rings is 1. The molecule has 0 aliphatic rings. The summed E-state index contributed by atoms with van der Waals surface area (Å²) in [5.74, 6) is 0.489. The average Bonchev–Trinajstić information content (AvgIpc) is 3.85. The van der Waals surface area contributed by atoms with Gasteiger partial charge in [0, 0.05) is 52.1 Å². The molecule has 56 heavy (non-hydrogen) atoms. The Morgan fingerprint density at radius 1 is 0.643 bits per heavy atom. The number of aromatic hydroxyl groups is 1. The molecule has 0 aliphatic carbocycles. The van der Waals surface area contributed by atoms with E-state index in [-0.39, 0.29) is 37.9 Å². The minimum Gasteiger partial charge on any atom is -0.507 e. The summed E-state index contributed by atoms with van der Waals surface area (Å²) in [4.78, 5) is 10.1. The van der Waals surface area contributed by atoms with Crippen LogP contribution in [-0.4, -0.2) is 19.6 Å². The van der Waals surface area contributed by atoms with E-state index in [1.165, 1.54) is 0 Å². The summed E-state index contributed by atoms with van der Waals surface area (Å²) < 4.78 is 56.8. The number of para-hydroxylation sites is 3. The zero-order valence-electron chi connectivity index (χ0n) is 35.6. The third kappa shape index (κ3) is 6.02. The number of rotatable bonds is 6. The van der Waals surface area contributed by atoms with Crippen LogP contribution in [0.5, 0.6) is 5.75 Å². The molecule has 3 aromatic heterocycles. The molecule has 3 heterocycles. The Morgan fingerprint density at radius 2 is 1.41 bits per heavy atom. The maximum Gasteiger partial charge on any atom is 0.148 e. The van der Waals surface area contributed by atoms with E-state index < -0.39 is 13.7 Å². The molecule has 10 aromatic rings. The van der Waals surface area contributed by atoms with E-state index in [4.69, 9.17) is 22.6 Å². The second kappa shape index (κ2) is 14.3. The van der Waals surface area contributed by atoms with Crippen molar-refractivity contribution in [3.8, 4) is 67.5 Å². The van der Waals surface area contributed by atoms with Crippen LogP contribution in [0.25, 0.3) is 94.7 Å². The van der Waals surface area contributed by atoms with Crippen LogP contribution >= 0.6 is 0 Å². The van der Waals surface area contributed by atoms with E-state index in [0.717, 1.165) is 33.0 Å². The second-order valence-electron chi connectivity index (χ2n) is 13.5. The van der Waals surface area contributed by atoms with Crippen LogP contribution in [0.3, 0.4) is 0 Å². The van der Waals surface area contributed by atoms with Gasteiger partial charge >= 0.3 is 0 Å². The van der Waals surface area contributed by atoms with Gasteiger partial charge in [0.2, 0.25) is 0 Å². The monoisotopic (exact) mass is 909 g/mol. The van der Waals surface area contributed by atoms with Gasteiger partial charge in [-0.3, -0.25) is 9.55 Å². The van der Waals surface area contributed by atoms with E-state index in [2.05, 4.69) is 6.07 Å². The first-order chi connectivity index (χ1) is 29.4. The molecule has 0 unspecified atom stereocenters. The third-order valence-electron chi connectivity index (χ3n) is 10.1. The smallest absolute Gasteiger partial charge is 0.148 e. The van der Waals surface area contributed by atoms with Crippen LogP contribution in [0, 0.1) is 19.8 Å². The van der Waals surface area contributed by atoms with Crippen molar-refractivity contribution in [2.24, 2.45) is 0 Å². The van der Waals surface area contributed by atoms with Gasteiger partial charge in [-0.25, -0.2) is 4.98 Å². The molecule has 0 amide bonds. The molecule has 10 rings (SSSR count). The number of phenols is 1. The molecule has 0 bridgehead atoms. The SMILES string of the molecule is [2H]C([2H])([2H])c1ccc(-c2ccnc(-c3[c-]c(-c4cccc5c4nc(-c4ccccc4O)n5-c4ccc(C([2H])([2H])[2H])cc4-c4ccccc4)c4oc5ccccc5c4c3)c2)cc1.[Pt]. The van der Waals surface area contributed by atoms with Crippen molar-refractivity contribution in [3.63, 3.8) is 0 Å². The van der Waals surface area contributed by atoms with Crippen molar-refractivity contribution in [2.75, 3.05) is 0 Å². The van der Waals surface area contributed by atoms with Gasteiger partial charge < -0.3 is 9.52 Å². The van der Waals surface area contributed by atoms with Gasteiger partial charge in [-0.2, -0.15) is 0 Å². The number of hydrogen-bond acceptors (Lipinski definition) is 4. The Balaban J connectivity index is 0.00000490. The number of pyridine rings is 1. The first-order valence-corrected chi connectivity index (χ1v) is 17.9. The molecule has 5 nitrogen and oxygen atoms in total. The Kier molecular flexibility index (Phi) is 7.34. The van der Waals surface area contributed by atoms with Crippen LogP contribution in [0.4, 0.5) is 0 Å². The Morgan fingerprint density at radius 3 is 2.25 bits per heavy atom. The predicted molar refractivity (Wildman–Crippen MR) is 223 cm³/mol. The van der Waals surface area contributed by atoms with Gasteiger partial charge in [0.05, 0.1) is 27.9 Å². The largest absolute Gasteiger partial charge is 0.507 e. The molecular formula is C50H34N3O2Pt-. The molecule has 0 spiro atoms. The summed E-state index contributed by atoms with van der Waals surface area (Å²) in [6, 6.07) is 52.0. The number of aromatic nitrogens is 3. The summed E-state index contributed by atoms with van der Waals surface area (Å²) in [5, 5.41) is 13.1. The van der Waals surface area contributed by atoms with E-state index in [0.29, 0.717) is 61.7 Å². The van der Waals surface area contributed by atoms with Crippen molar-refractivity contribution >= 4 is 33.0 Å². The number of aryl methyl sites for hydroxylation is 2. The Labute approximate surface area is 347 Å². The van der Waals surface area contributed by atoms with E-state index in [1.54, 1.807) is 48.7 Å². The van der Waals surface area contributed by atoms with Crippen molar-refractivity contribution < 1.29 is 38.8 Å². The third-order valence-corrected chi connectivity index (χ3v) is 10.1. The fourth-order valence-corrected chi connectivity index (χ4v) is 7.48. The van der Waals surface area contributed by atoms with Gasteiger partial charge in [0.1, 0.15) is 17.2 Å². The molecule has 0 aliphatic heterocycles. The Bertz CT molecular complexity index is 3300. The topological polar surface area (TPSA) is 64.1 Å². The zero-order chi connectivity index (χ0) is 42.0. The fourth-order valence-electron chi connectivity index (χ4n) is 7.48. The minimum atomic E-state index is -2.34. The maximum atomic E-state index is 11.3. The minimum absolute atomic E-state index is 0. The molecule has 0 saturated carbocycles. The molecule has 7 aromatic carbocycles. The maximum absolute atomic E-state index is 11.3. The number of nitrogens with zero attached hydrogens (tertiary/aromatic N) is 3. The van der Waals surface area contributed by atoms with E-state index in [9.17, 15) is 5.11 Å². The summed E-state index contributed by atoms with van der Waals surface area (Å²) in [6.07, 6.45) is 1.73. The number of phenolic OH excluding ortho intramolecular Hbond substituents is 1. The molecule has 0 radical (unpaired) electrons. The molecule has 0 fully saturated rings. The van der Waals surface area contributed by atoms with Gasteiger partial charge in [-0.05, 0) is 78.2 Å². The first-order valence-electron chi connectivity index (χ1n) is 20.9. The second-order valence-corrected chi connectivity index (χ2v) is 13.5. The summed E-state index contributed by atoms with van der Waals surface area (Å²) in [7, 11) is 0. The molecule has 6 heteroatoms. The molecule has 272 valence electrons. The summed E-state index contributed by atoms with van der Waals surface area (Å²) in [6.45, 7) is -4.55. The van der Waals surface area contributed by atoms with Crippen LogP contribution in [0.1, 0.15) is 19.4 Å². The van der Waals surface area contributed by atoms with Crippen LogP contribution in [0.15, 0.2) is 168 Å². The Hall–Kier alpha value is -6.55. The first kappa shape index (κ1) is 28.8. The normalized spacial score (nSPS) is 13.4. The number of furan rings is 1. The van der Waals surface area contributed by atoms with Crippen molar-refractivity contribution in [1.29, 1.82) is 0 Å². The molecule has 0 saturated heterocycles. The molecule has 0 atom stereocenters. The quantitative estimate of drug-likeness (QED) is 0.169. The van der Waals surface area contributed by atoms with Gasteiger partial charge in [0.25, 0.3) is 0 Å². The van der Waals surface area contributed by atoms with Crippen LogP contribution < -0.4 is 0 Å². The number of hydrogen-bond donors (Lipinski definition) is 1. The predicted octanol–water partition coefficient (Wildman–Crippen LogP) is 12.8. The number of fused-ring (bicyclic) bond motifs is 4. The van der Waals surface area contributed by atoms with E-state index >= 15 is 0 Å². The van der Waals surface area contributed by atoms with Crippen molar-refractivity contribution in [1.82, 2.24) is 14.5 Å². The molecule has 1 N–H and O–H groups in total. The van der Waals surface area contributed by atoms with Crippen molar-refractivity contribution in [3.05, 3.63) is 181 Å². The van der Waals surface area contributed by atoms with Crippen molar-refractivity contribution in [2.45, 2.75) is 13.7 Å². The molecular weight excluding hydrogens is 870 g/mol. The fraction of sp³-hybridized carbons (Fsp3) is 0.0400. The summed E-state index contributed by atoms with van der Waals surface area (Å²) >= 11 is 0. The summed E-state index contributed by atoms with van der Waals surface area (Å²) in [5.41, 5.74) is 10.2. The van der Waals surface area contributed by atoms with Crippen LogP contribution in [-0.2, 0) is 21.1 Å². The number of benzene rings is 7. The zero-order valence-corrected chi connectivity index (χ0v) is 31.9.